The van der Waals surface area contributed by atoms with Crippen LogP contribution >= 0.6 is 0 Å². The van der Waals surface area contributed by atoms with Gasteiger partial charge in [0.25, 0.3) is 5.69 Å². The maximum Gasteiger partial charge on any atom is 0.310 e. The molecule has 7 heteroatoms. The summed E-state index contributed by atoms with van der Waals surface area (Å²) in [5.74, 6) is 0.179. The van der Waals surface area contributed by atoms with Crippen LogP contribution in [-0.4, -0.2) is 9.85 Å². The highest BCUT2D eigenvalue weighted by Crippen LogP contribution is 2.28. The number of ether oxygens (including phenoxy) is 1. The van der Waals surface area contributed by atoms with Gasteiger partial charge in [0.05, 0.1) is 9.85 Å². The number of benzene rings is 2. The molecule has 0 aromatic heterocycles. The summed E-state index contributed by atoms with van der Waals surface area (Å²) in [5.41, 5.74) is 1.42. The SMILES string of the molecule is Cc1ccc([N+](=O)[O-])c(OCc2ccc([N+](=O)[O-])cc2)c1. The number of nitrogens with zero attached hydrogens (tertiary/aromatic N) is 2. The molecule has 7 nitrogen and oxygen atoms in total. The molecule has 0 unspecified atom stereocenters. The van der Waals surface area contributed by atoms with E-state index >= 15 is 0 Å². The first-order valence-corrected chi connectivity index (χ1v) is 6.08. The van der Waals surface area contributed by atoms with Crippen LogP contribution in [0, 0.1) is 27.2 Å². The summed E-state index contributed by atoms with van der Waals surface area (Å²) < 4.78 is 5.45. The number of nitro benzene ring substituents is 2. The summed E-state index contributed by atoms with van der Waals surface area (Å²) in [4.78, 5) is 20.5. The molecule has 2 aromatic rings. The maximum atomic E-state index is 10.9. The first kappa shape index (κ1) is 14.4. The van der Waals surface area contributed by atoms with Crippen molar-refractivity contribution >= 4 is 11.4 Å². The molecule has 0 aliphatic carbocycles. The standard InChI is InChI=1S/C14H12N2O5/c1-10-2-7-13(16(19)20)14(8-10)21-9-11-3-5-12(6-4-11)15(17)18/h2-8H,9H2,1H3. The van der Waals surface area contributed by atoms with Gasteiger partial charge in [-0.2, -0.15) is 0 Å². The smallest absolute Gasteiger partial charge is 0.310 e. The largest absolute Gasteiger partial charge is 0.482 e. The molecule has 0 aliphatic heterocycles. The average molecular weight is 288 g/mol. The first-order chi connectivity index (χ1) is 9.97. The van der Waals surface area contributed by atoms with E-state index in [0.717, 1.165) is 5.56 Å². The third-order valence-electron chi connectivity index (χ3n) is 2.85. The van der Waals surface area contributed by atoms with Gasteiger partial charge >= 0.3 is 5.69 Å². The number of rotatable bonds is 5. The van der Waals surface area contributed by atoms with Gasteiger partial charge in [-0.25, -0.2) is 0 Å². The molecule has 2 rings (SSSR count). The van der Waals surface area contributed by atoms with Gasteiger partial charge in [-0.1, -0.05) is 6.07 Å². The van der Waals surface area contributed by atoms with Crippen molar-refractivity contribution in [3.63, 3.8) is 0 Å². The van der Waals surface area contributed by atoms with Crippen molar-refractivity contribution in [3.05, 3.63) is 73.8 Å². The predicted octanol–water partition coefficient (Wildman–Crippen LogP) is 3.39. The van der Waals surface area contributed by atoms with E-state index in [9.17, 15) is 20.2 Å². The van der Waals surface area contributed by atoms with Gasteiger partial charge in [0.2, 0.25) is 0 Å². The van der Waals surface area contributed by atoms with Crippen LogP contribution < -0.4 is 4.74 Å². The zero-order chi connectivity index (χ0) is 15.4. The minimum atomic E-state index is -0.509. The fourth-order valence-electron chi connectivity index (χ4n) is 1.76. The van der Waals surface area contributed by atoms with Gasteiger partial charge in [0, 0.05) is 18.2 Å². The Labute approximate surface area is 120 Å². The zero-order valence-electron chi connectivity index (χ0n) is 11.2. The lowest BCUT2D eigenvalue weighted by Crippen LogP contribution is -1.99. The molecular weight excluding hydrogens is 276 g/mol. The van der Waals surface area contributed by atoms with Crippen LogP contribution in [0.2, 0.25) is 0 Å². The molecule has 0 saturated heterocycles. The van der Waals surface area contributed by atoms with E-state index in [1.807, 2.05) is 6.92 Å². The summed E-state index contributed by atoms with van der Waals surface area (Å²) in [7, 11) is 0. The van der Waals surface area contributed by atoms with Crippen LogP contribution in [0.15, 0.2) is 42.5 Å². The molecule has 0 aliphatic rings. The lowest BCUT2D eigenvalue weighted by molar-refractivity contribution is -0.386. The minimum absolute atomic E-state index is 0.0136. The van der Waals surface area contributed by atoms with E-state index in [0.29, 0.717) is 5.56 Å². The lowest BCUT2D eigenvalue weighted by Gasteiger charge is -2.07. The second-order valence-electron chi connectivity index (χ2n) is 4.44. The van der Waals surface area contributed by atoms with Crippen molar-refractivity contribution in [2.45, 2.75) is 13.5 Å². The average Bonchev–Trinajstić information content (AvgIpc) is 2.45. The molecule has 0 saturated carbocycles. The number of hydrogen-bond donors (Lipinski definition) is 0. The second kappa shape index (κ2) is 6.00. The van der Waals surface area contributed by atoms with Gasteiger partial charge in [0.1, 0.15) is 6.61 Å². The van der Waals surface area contributed by atoms with Crippen molar-refractivity contribution in [2.75, 3.05) is 0 Å². The van der Waals surface area contributed by atoms with E-state index in [2.05, 4.69) is 0 Å². The summed E-state index contributed by atoms with van der Waals surface area (Å²) in [6.07, 6.45) is 0. The van der Waals surface area contributed by atoms with Crippen molar-refractivity contribution < 1.29 is 14.6 Å². The number of hydrogen-bond acceptors (Lipinski definition) is 5. The van der Waals surface area contributed by atoms with Crippen molar-refractivity contribution in [1.82, 2.24) is 0 Å². The fourth-order valence-corrected chi connectivity index (χ4v) is 1.76. The Morgan fingerprint density at radius 2 is 1.67 bits per heavy atom. The maximum absolute atomic E-state index is 10.9. The highest BCUT2D eigenvalue weighted by molar-refractivity contribution is 5.48. The van der Waals surface area contributed by atoms with Crippen molar-refractivity contribution in [1.29, 1.82) is 0 Å². The highest BCUT2D eigenvalue weighted by Gasteiger charge is 2.15. The first-order valence-electron chi connectivity index (χ1n) is 6.08. The van der Waals surface area contributed by atoms with Gasteiger partial charge in [-0.15, -0.1) is 0 Å². The molecule has 108 valence electrons. The van der Waals surface area contributed by atoms with Crippen LogP contribution in [0.25, 0.3) is 0 Å². The van der Waals surface area contributed by atoms with Crippen LogP contribution in [0.5, 0.6) is 5.75 Å². The van der Waals surface area contributed by atoms with E-state index in [4.69, 9.17) is 4.74 Å². The summed E-state index contributed by atoms with van der Waals surface area (Å²) in [6.45, 7) is 1.91. The molecule has 0 atom stereocenters. The quantitative estimate of drug-likeness (QED) is 0.620. The van der Waals surface area contributed by atoms with Crippen LogP contribution in [0.3, 0.4) is 0 Å². The molecule has 2 aromatic carbocycles. The summed E-state index contributed by atoms with van der Waals surface area (Å²) in [5, 5.41) is 21.5. The number of non-ortho nitro benzene ring substituents is 1. The van der Waals surface area contributed by atoms with Gasteiger partial charge in [0.15, 0.2) is 5.75 Å². The normalized spacial score (nSPS) is 10.1. The molecule has 0 heterocycles. The van der Waals surface area contributed by atoms with Crippen LogP contribution in [-0.2, 0) is 6.61 Å². The third kappa shape index (κ3) is 3.53. The lowest BCUT2D eigenvalue weighted by atomic mass is 10.2. The van der Waals surface area contributed by atoms with E-state index in [1.165, 1.54) is 18.2 Å². The Kier molecular flexibility index (Phi) is 4.13. The highest BCUT2D eigenvalue weighted by atomic mass is 16.6. The molecule has 0 spiro atoms. The van der Waals surface area contributed by atoms with E-state index in [1.54, 1.807) is 24.3 Å². The molecule has 0 N–H and O–H groups in total. The van der Waals surface area contributed by atoms with Crippen molar-refractivity contribution in [2.24, 2.45) is 0 Å². The Morgan fingerprint density at radius 1 is 1.00 bits per heavy atom. The van der Waals surface area contributed by atoms with E-state index in [-0.39, 0.29) is 23.7 Å². The Balaban J connectivity index is 2.14. The van der Waals surface area contributed by atoms with E-state index < -0.39 is 9.85 Å². The molecule has 0 radical (unpaired) electrons. The molecular formula is C14H12N2O5. The zero-order valence-corrected chi connectivity index (χ0v) is 11.2. The monoisotopic (exact) mass is 288 g/mol. The Morgan fingerprint density at radius 3 is 2.24 bits per heavy atom. The van der Waals surface area contributed by atoms with Gasteiger partial charge in [-0.3, -0.25) is 20.2 Å². The molecule has 0 fully saturated rings. The topological polar surface area (TPSA) is 95.5 Å². The van der Waals surface area contributed by atoms with Crippen LogP contribution in [0.4, 0.5) is 11.4 Å². The number of nitro groups is 2. The fraction of sp³-hybridized carbons (Fsp3) is 0.143. The summed E-state index contributed by atoms with van der Waals surface area (Å²) in [6, 6.07) is 10.5. The number of aryl methyl sites for hydroxylation is 1. The third-order valence-corrected chi connectivity index (χ3v) is 2.85. The Hall–Kier alpha value is -2.96. The molecule has 0 amide bonds. The van der Waals surface area contributed by atoms with Crippen molar-refractivity contribution in [3.8, 4) is 5.75 Å². The second-order valence-corrected chi connectivity index (χ2v) is 4.44. The molecule has 0 bridgehead atoms. The summed E-state index contributed by atoms with van der Waals surface area (Å²) >= 11 is 0. The van der Waals surface area contributed by atoms with Gasteiger partial charge in [-0.05, 0) is 36.2 Å². The predicted molar refractivity (Wildman–Crippen MR) is 75.3 cm³/mol. The molecule has 21 heavy (non-hydrogen) atoms. The minimum Gasteiger partial charge on any atom is -0.482 e. The van der Waals surface area contributed by atoms with Gasteiger partial charge < -0.3 is 4.74 Å². The van der Waals surface area contributed by atoms with Crippen LogP contribution in [0.1, 0.15) is 11.1 Å². The Bertz CT molecular complexity index is 682.